The van der Waals surface area contributed by atoms with Gasteiger partial charge in [0.2, 0.25) is 15.9 Å². The van der Waals surface area contributed by atoms with E-state index in [1.165, 1.54) is 20.2 Å². The molecule has 1 aromatic rings. The molecule has 0 saturated heterocycles. The van der Waals surface area contributed by atoms with E-state index >= 15 is 0 Å². The van der Waals surface area contributed by atoms with Crippen LogP contribution in [0, 0.1) is 6.92 Å². The molecule has 1 rings (SSSR count). The van der Waals surface area contributed by atoms with Crippen molar-refractivity contribution in [3.05, 3.63) is 23.8 Å². The summed E-state index contributed by atoms with van der Waals surface area (Å²) in [7, 11) is -0.725. The number of rotatable bonds is 5. The molecule has 1 amide bonds. The molecule has 106 valence electrons. The van der Waals surface area contributed by atoms with Crippen molar-refractivity contribution in [3.8, 4) is 0 Å². The number of nitrogen functional groups attached to an aromatic ring is 1. The number of carbonyl (C=O) groups excluding carboxylic acids is 1. The van der Waals surface area contributed by atoms with Gasteiger partial charge in [-0.3, -0.25) is 4.79 Å². The molecule has 0 radical (unpaired) electrons. The van der Waals surface area contributed by atoms with Crippen LogP contribution in [-0.2, 0) is 14.8 Å². The first kappa shape index (κ1) is 15.5. The molecule has 0 aromatic heterocycles. The molecule has 0 aliphatic carbocycles. The Kier molecular flexibility index (Phi) is 4.90. The fourth-order valence-corrected chi connectivity index (χ4v) is 2.84. The number of benzene rings is 1. The van der Waals surface area contributed by atoms with E-state index in [4.69, 9.17) is 5.73 Å². The van der Waals surface area contributed by atoms with E-state index in [0.717, 1.165) is 9.87 Å². The molecule has 0 fully saturated rings. The van der Waals surface area contributed by atoms with Gasteiger partial charge >= 0.3 is 0 Å². The molecular formula is C12H19N3O3S. The van der Waals surface area contributed by atoms with Crippen LogP contribution >= 0.6 is 0 Å². The molecule has 0 unspecified atom stereocenters. The standard InChI is InChI=1S/C12H19N3O3S/c1-9-4-5-11(10(13)8-9)19(17,18)15(3)7-6-12(16)14-2/h4-5,8H,6-7,13H2,1-3H3,(H,14,16). The Morgan fingerprint density at radius 2 is 2.05 bits per heavy atom. The van der Waals surface area contributed by atoms with Gasteiger partial charge in [-0.1, -0.05) is 6.07 Å². The van der Waals surface area contributed by atoms with E-state index in [-0.39, 0.29) is 29.5 Å². The second-order valence-corrected chi connectivity index (χ2v) is 6.30. The van der Waals surface area contributed by atoms with Crippen molar-refractivity contribution in [2.75, 3.05) is 26.4 Å². The van der Waals surface area contributed by atoms with Crippen LogP contribution in [-0.4, -0.2) is 39.3 Å². The first-order valence-corrected chi connectivity index (χ1v) is 7.26. The Morgan fingerprint density at radius 1 is 1.42 bits per heavy atom. The number of sulfonamides is 1. The third kappa shape index (κ3) is 3.68. The fourth-order valence-electron chi connectivity index (χ4n) is 1.57. The summed E-state index contributed by atoms with van der Waals surface area (Å²) >= 11 is 0. The normalized spacial score (nSPS) is 11.6. The number of hydrogen-bond donors (Lipinski definition) is 2. The number of amides is 1. The summed E-state index contributed by atoms with van der Waals surface area (Å²) in [6, 6.07) is 4.78. The highest BCUT2D eigenvalue weighted by Crippen LogP contribution is 2.22. The highest BCUT2D eigenvalue weighted by Gasteiger charge is 2.23. The summed E-state index contributed by atoms with van der Waals surface area (Å²) in [5, 5.41) is 2.45. The smallest absolute Gasteiger partial charge is 0.244 e. The van der Waals surface area contributed by atoms with Crippen LogP contribution in [0.15, 0.2) is 23.1 Å². The van der Waals surface area contributed by atoms with Crippen LogP contribution in [0.4, 0.5) is 5.69 Å². The van der Waals surface area contributed by atoms with E-state index < -0.39 is 10.0 Å². The van der Waals surface area contributed by atoms with Gasteiger partial charge in [-0.05, 0) is 24.6 Å². The van der Waals surface area contributed by atoms with Gasteiger partial charge in [0.15, 0.2) is 0 Å². The van der Waals surface area contributed by atoms with Crippen molar-refractivity contribution in [2.24, 2.45) is 0 Å². The third-order valence-electron chi connectivity index (χ3n) is 2.79. The maximum atomic E-state index is 12.3. The Labute approximate surface area is 113 Å². The van der Waals surface area contributed by atoms with Gasteiger partial charge in [-0.15, -0.1) is 0 Å². The molecular weight excluding hydrogens is 266 g/mol. The van der Waals surface area contributed by atoms with Crippen LogP contribution in [0.1, 0.15) is 12.0 Å². The second-order valence-electron chi connectivity index (χ2n) is 4.29. The molecule has 19 heavy (non-hydrogen) atoms. The van der Waals surface area contributed by atoms with Crippen molar-refractivity contribution >= 4 is 21.6 Å². The molecule has 1 aromatic carbocycles. The Balaban J connectivity index is 2.94. The molecule has 0 aliphatic rings. The third-order valence-corrected chi connectivity index (χ3v) is 4.72. The highest BCUT2D eigenvalue weighted by molar-refractivity contribution is 7.89. The highest BCUT2D eigenvalue weighted by atomic mass is 32.2. The number of nitrogens with one attached hydrogen (secondary N) is 1. The minimum atomic E-state index is -3.66. The van der Waals surface area contributed by atoms with Crippen molar-refractivity contribution in [3.63, 3.8) is 0 Å². The van der Waals surface area contributed by atoms with E-state index in [0.29, 0.717) is 0 Å². The van der Waals surface area contributed by atoms with Crippen LogP contribution in [0.25, 0.3) is 0 Å². The number of nitrogens with two attached hydrogens (primary N) is 1. The summed E-state index contributed by atoms with van der Waals surface area (Å²) in [6.07, 6.45) is 0.109. The van der Waals surface area contributed by atoms with Crippen LogP contribution in [0.3, 0.4) is 0 Å². The lowest BCUT2D eigenvalue weighted by molar-refractivity contribution is -0.120. The Morgan fingerprint density at radius 3 is 2.58 bits per heavy atom. The van der Waals surface area contributed by atoms with Gasteiger partial charge in [-0.25, -0.2) is 12.7 Å². The van der Waals surface area contributed by atoms with E-state index in [1.807, 2.05) is 6.92 Å². The average molecular weight is 285 g/mol. The summed E-state index contributed by atoms with van der Waals surface area (Å²) in [5.41, 5.74) is 6.85. The maximum absolute atomic E-state index is 12.3. The van der Waals surface area contributed by atoms with Crippen molar-refractivity contribution < 1.29 is 13.2 Å². The SMILES string of the molecule is CNC(=O)CCN(C)S(=O)(=O)c1ccc(C)cc1N. The molecule has 0 spiro atoms. The lowest BCUT2D eigenvalue weighted by atomic mass is 10.2. The van der Waals surface area contributed by atoms with Crippen LogP contribution in [0.5, 0.6) is 0 Å². The monoisotopic (exact) mass is 285 g/mol. The number of hydrogen-bond acceptors (Lipinski definition) is 4. The van der Waals surface area contributed by atoms with Gasteiger partial charge in [0.25, 0.3) is 0 Å². The minimum absolute atomic E-state index is 0.0671. The van der Waals surface area contributed by atoms with Gasteiger partial charge < -0.3 is 11.1 Å². The zero-order valence-corrected chi connectivity index (χ0v) is 12.1. The van der Waals surface area contributed by atoms with Gasteiger partial charge in [0.1, 0.15) is 4.90 Å². The molecule has 0 saturated carbocycles. The maximum Gasteiger partial charge on any atom is 0.244 e. The van der Waals surface area contributed by atoms with Crippen molar-refractivity contribution in [2.45, 2.75) is 18.2 Å². The fraction of sp³-hybridized carbons (Fsp3) is 0.417. The Hall–Kier alpha value is -1.60. The van der Waals surface area contributed by atoms with Gasteiger partial charge in [-0.2, -0.15) is 0 Å². The minimum Gasteiger partial charge on any atom is -0.398 e. The molecule has 0 atom stereocenters. The predicted octanol–water partition coefficient (Wildman–Crippen LogP) is 0.334. The molecule has 0 aliphatic heterocycles. The average Bonchev–Trinajstić information content (AvgIpc) is 2.34. The van der Waals surface area contributed by atoms with E-state index in [9.17, 15) is 13.2 Å². The molecule has 6 nitrogen and oxygen atoms in total. The van der Waals surface area contributed by atoms with Crippen molar-refractivity contribution in [1.82, 2.24) is 9.62 Å². The zero-order chi connectivity index (χ0) is 14.6. The topological polar surface area (TPSA) is 92.5 Å². The van der Waals surface area contributed by atoms with Crippen molar-refractivity contribution in [1.29, 1.82) is 0 Å². The summed E-state index contributed by atoms with van der Waals surface area (Å²) in [6.45, 7) is 1.94. The lowest BCUT2D eigenvalue weighted by Crippen LogP contribution is -2.31. The largest absolute Gasteiger partial charge is 0.398 e. The quantitative estimate of drug-likeness (QED) is 0.763. The van der Waals surface area contributed by atoms with E-state index in [1.54, 1.807) is 12.1 Å². The first-order valence-electron chi connectivity index (χ1n) is 5.82. The number of anilines is 1. The van der Waals surface area contributed by atoms with E-state index in [2.05, 4.69) is 5.32 Å². The number of aryl methyl sites for hydroxylation is 1. The van der Waals surface area contributed by atoms with Gasteiger partial charge in [0.05, 0.1) is 5.69 Å². The van der Waals surface area contributed by atoms with Crippen LogP contribution < -0.4 is 11.1 Å². The Bertz CT molecular complexity index is 570. The summed E-state index contributed by atoms with van der Waals surface area (Å²) in [4.78, 5) is 11.2. The predicted molar refractivity (Wildman–Crippen MR) is 74.1 cm³/mol. The zero-order valence-electron chi connectivity index (χ0n) is 11.3. The first-order chi connectivity index (χ1) is 8.78. The van der Waals surface area contributed by atoms with Crippen LogP contribution in [0.2, 0.25) is 0 Å². The molecule has 0 bridgehead atoms. The lowest BCUT2D eigenvalue weighted by Gasteiger charge is -2.18. The van der Waals surface area contributed by atoms with Gasteiger partial charge in [0, 0.05) is 27.1 Å². The second kappa shape index (κ2) is 6.03. The summed E-state index contributed by atoms with van der Waals surface area (Å²) in [5.74, 6) is -0.209. The molecule has 0 heterocycles. The number of carbonyl (C=O) groups is 1. The molecule has 7 heteroatoms. The number of nitrogens with zero attached hydrogens (tertiary/aromatic N) is 1. The molecule has 3 N–H and O–H groups in total. The summed E-state index contributed by atoms with van der Waals surface area (Å²) < 4.78 is 25.7.